The van der Waals surface area contributed by atoms with E-state index in [1.165, 1.54) is 30.3 Å². The molecule has 0 saturated heterocycles. The number of furan rings is 1. The molecule has 3 aromatic rings. The minimum atomic E-state index is -0.839. The third kappa shape index (κ3) is 4.78. The SMILES string of the molecule is CC(C)(CO)COC(=O)c1c(Nc2ccc(F)cc2)oc(C=C2C=Nc3ncccc32)c1O. The number of fused-ring (bicyclic) bond motifs is 1. The molecule has 9 heteroatoms. The standard InChI is InChI=1S/C24H22FN3O5/c1-24(2,12-29)13-32-23(31)19-20(30)18(10-14-11-27-21-17(14)4-3-9-26-21)33-22(19)28-16-7-5-15(25)6-8-16/h3-11,28-30H,12-13H2,1-2H3. The average Bonchev–Trinajstić information content (AvgIpc) is 3.35. The Morgan fingerprint density at radius 2 is 2.03 bits per heavy atom. The number of ether oxygens (including phenoxy) is 1. The number of anilines is 2. The van der Waals surface area contributed by atoms with Gasteiger partial charge in [-0.1, -0.05) is 13.8 Å². The highest BCUT2D eigenvalue weighted by Gasteiger charge is 2.29. The number of aliphatic hydroxyl groups excluding tert-OH is 1. The van der Waals surface area contributed by atoms with Gasteiger partial charge in [0.15, 0.2) is 22.9 Å². The summed E-state index contributed by atoms with van der Waals surface area (Å²) >= 11 is 0. The quantitative estimate of drug-likeness (QED) is 0.446. The Hall–Kier alpha value is -3.98. The molecule has 3 heterocycles. The van der Waals surface area contributed by atoms with E-state index in [1.54, 1.807) is 32.3 Å². The van der Waals surface area contributed by atoms with E-state index in [-0.39, 0.29) is 30.4 Å². The number of aromatic hydroxyl groups is 1. The van der Waals surface area contributed by atoms with Crippen LogP contribution in [-0.4, -0.2) is 40.6 Å². The molecule has 0 radical (unpaired) electrons. The van der Waals surface area contributed by atoms with Crippen LogP contribution in [0.4, 0.5) is 21.8 Å². The van der Waals surface area contributed by atoms with Crippen LogP contribution >= 0.6 is 0 Å². The van der Waals surface area contributed by atoms with Gasteiger partial charge in [-0.25, -0.2) is 19.2 Å². The molecule has 0 spiro atoms. The van der Waals surface area contributed by atoms with Gasteiger partial charge in [0.05, 0.1) is 13.2 Å². The summed E-state index contributed by atoms with van der Waals surface area (Å²) in [6.07, 6.45) is 4.74. The number of pyridine rings is 1. The first-order valence-electron chi connectivity index (χ1n) is 10.1. The molecule has 0 fully saturated rings. The van der Waals surface area contributed by atoms with Gasteiger partial charge in [0.25, 0.3) is 0 Å². The second kappa shape index (κ2) is 8.87. The van der Waals surface area contributed by atoms with E-state index in [0.717, 1.165) is 5.56 Å². The lowest BCUT2D eigenvalue weighted by atomic mass is 9.96. The summed E-state index contributed by atoms with van der Waals surface area (Å²) in [5.74, 6) is -1.22. The number of benzene rings is 1. The van der Waals surface area contributed by atoms with E-state index >= 15 is 0 Å². The average molecular weight is 451 g/mol. The Labute approximate surface area is 189 Å². The van der Waals surface area contributed by atoms with Crippen molar-refractivity contribution in [3.63, 3.8) is 0 Å². The normalized spacial score (nSPS) is 13.9. The number of carbonyl (C=O) groups excluding carboxylic acids is 1. The van der Waals surface area contributed by atoms with E-state index in [0.29, 0.717) is 17.1 Å². The molecule has 0 unspecified atom stereocenters. The van der Waals surface area contributed by atoms with Crippen molar-refractivity contribution in [2.24, 2.45) is 10.4 Å². The van der Waals surface area contributed by atoms with Crippen LogP contribution in [0.15, 0.2) is 52.0 Å². The molecule has 33 heavy (non-hydrogen) atoms. The summed E-state index contributed by atoms with van der Waals surface area (Å²) in [6, 6.07) is 9.00. The maximum Gasteiger partial charge on any atom is 0.347 e. The van der Waals surface area contributed by atoms with Crippen LogP contribution in [0.2, 0.25) is 0 Å². The number of nitrogens with one attached hydrogen (secondary N) is 1. The minimum absolute atomic E-state index is 0.00568. The van der Waals surface area contributed by atoms with Gasteiger partial charge in [0, 0.05) is 34.7 Å². The smallest absolute Gasteiger partial charge is 0.347 e. The first-order chi connectivity index (χ1) is 15.8. The number of hydrogen-bond acceptors (Lipinski definition) is 8. The maximum atomic E-state index is 13.3. The molecular formula is C24H22FN3O5. The Bertz CT molecular complexity index is 1250. The van der Waals surface area contributed by atoms with Crippen molar-refractivity contribution >= 4 is 41.2 Å². The molecule has 1 aliphatic rings. The molecule has 8 nitrogen and oxygen atoms in total. The second-order valence-corrected chi connectivity index (χ2v) is 8.28. The number of carbonyl (C=O) groups is 1. The third-order valence-electron chi connectivity index (χ3n) is 4.95. The molecule has 0 atom stereocenters. The number of aromatic nitrogens is 1. The van der Waals surface area contributed by atoms with Gasteiger partial charge in [-0.2, -0.15) is 0 Å². The zero-order valence-corrected chi connectivity index (χ0v) is 18.0. The van der Waals surface area contributed by atoms with Gasteiger partial charge in [0.2, 0.25) is 5.88 Å². The van der Waals surface area contributed by atoms with Crippen molar-refractivity contribution in [3.05, 3.63) is 65.3 Å². The maximum absolute atomic E-state index is 13.3. The van der Waals surface area contributed by atoms with E-state index in [4.69, 9.17) is 9.15 Å². The van der Waals surface area contributed by atoms with Crippen LogP contribution in [0.3, 0.4) is 0 Å². The summed E-state index contributed by atoms with van der Waals surface area (Å²) in [6.45, 7) is 3.19. The predicted molar refractivity (Wildman–Crippen MR) is 121 cm³/mol. The minimum Gasteiger partial charge on any atom is -0.504 e. The number of halogens is 1. The molecule has 2 aromatic heterocycles. The lowest BCUT2D eigenvalue weighted by Gasteiger charge is -2.20. The number of esters is 1. The lowest BCUT2D eigenvalue weighted by molar-refractivity contribution is 0.0217. The van der Waals surface area contributed by atoms with Crippen molar-refractivity contribution in [2.75, 3.05) is 18.5 Å². The van der Waals surface area contributed by atoms with E-state index in [9.17, 15) is 19.4 Å². The van der Waals surface area contributed by atoms with Crippen molar-refractivity contribution in [1.29, 1.82) is 0 Å². The van der Waals surface area contributed by atoms with Gasteiger partial charge in [-0.05, 0) is 42.5 Å². The largest absolute Gasteiger partial charge is 0.504 e. The van der Waals surface area contributed by atoms with Crippen LogP contribution in [-0.2, 0) is 4.74 Å². The van der Waals surface area contributed by atoms with Crippen LogP contribution < -0.4 is 5.32 Å². The van der Waals surface area contributed by atoms with Crippen molar-refractivity contribution < 1.29 is 28.6 Å². The fourth-order valence-corrected chi connectivity index (χ4v) is 3.04. The van der Waals surface area contributed by atoms with Crippen LogP contribution in [0.1, 0.15) is 35.5 Å². The molecule has 0 amide bonds. The highest BCUT2D eigenvalue weighted by Crippen LogP contribution is 2.39. The molecule has 0 saturated carbocycles. The number of hydrogen-bond donors (Lipinski definition) is 3. The first-order valence-corrected chi connectivity index (χ1v) is 10.1. The Morgan fingerprint density at radius 1 is 1.27 bits per heavy atom. The number of allylic oxidation sites excluding steroid dienone is 1. The van der Waals surface area contributed by atoms with Crippen molar-refractivity contribution in [2.45, 2.75) is 13.8 Å². The number of aliphatic imine (C=N–C) groups is 1. The van der Waals surface area contributed by atoms with Gasteiger partial charge in [-0.15, -0.1) is 0 Å². The second-order valence-electron chi connectivity index (χ2n) is 8.28. The highest BCUT2D eigenvalue weighted by molar-refractivity contribution is 6.21. The van der Waals surface area contributed by atoms with Crippen molar-refractivity contribution in [1.82, 2.24) is 4.98 Å². The Kier molecular flexibility index (Phi) is 5.97. The topological polar surface area (TPSA) is 117 Å². The molecule has 4 rings (SSSR count). The lowest BCUT2D eigenvalue weighted by Crippen LogP contribution is -2.25. The first kappa shape index (κ1) is 22.2. The molecular weight excluding hydrogens is 429 g/mol. The predicted octanol–water partition coefficient (Wildman–Crippen LogP) is 4.69. The molecule has 0 bridgehead atoms. The van der Waals surface area contributed by atoms with Crippen molar-refractivity contribution in [3.8, 4) is 5.75 Å². The van der Waals surface area contributed by atoms with E-state index < -0.39 is 23.0 Å². The van der Waals surface area contributed by atoms with Gasteiger partial charge in [-0.3, -0.25) is 0 Å². The molecule has 0 aliphatic carbocycles. The van der Waals surface area contributed by atoms with E-state index in [1.807, 2.05) is 6.07 Å². The Morgan fingerprint density at radius 3 is 2.76 bits per heavy atom. The van der Waals surface area contributed by atoms with Crippen LogP contribution in [0.25, 0.3) is 11.6 Å². The summed E-state index contributed by atoms with van der Waals surface area (Å²) in [7, 11) is 0. The van der Waals surface area contributed by atoms with Crippen LogP contribution in [0, 0.1) is 11.2 Å². The number of nitrogens with zero attached hydrogens (tertiary/aromatic N) is 2. The molecule has 3 N–H and O–H groups in total. The third-order valence-corrected chi connectivity index (χ3v) is 4.95. The van der Waals surface area contributed by atoms with Gasteiger partial charge >= 0.3 is 5.97 Å². The molecule has 1 aliphatic heterocycles. The monoisotopic (exact) mass is 451 g/mol. The van der Waals surface area contributed by atoms with Crippen LogP contribution in [0.5, 0.6) is 5.75 Å². The summed E-state index contributed by atoms with van der Waals surface area (Å²) in [5.41, 5.74) is 0.931. The zero-order chi connectivity index (χ0) is 23.6. The summed E-state index contributed by atoms with van der Waals surface area (Å²) in [5, 5.41) is 23.1. The van der Waals surface area contributed by atoms with Gasteiger partial charge in [0.1, 0.15) is 5.82 Å². The molecule has 170 valence electrons. The Balaban J connectivity index is 1.71. The fraction of sp³-hybridized carbons (Fsp3) is 0.208. The summed E-state index contributed by atoms with van der Waals surface area (Å²) < 4.78 is 24.4. The summed E-state index contributed by atoms with van der Waals surface area (Å²) in [4.78, 5) is 21.3. The number of rotatable bonds is 7. The van der Waals surface area contributed by atoms with Gasteiger partial charge < -0.3 is 24.7 Å². The zero-order valence-electron chi connectivity index (χ0n) is 18.0. The number of aliphatic hydroxyl groups is 1. The molecule has 1 aromatic carbocycles. The van der Waals surface area contributed by atoms with E-state index in [2.05, 4.69) is 15.3 Å². The highest BCUT2D eigenvalue weighted by atomic mass is 19.1. The fourth-order valence-electron chi connectivity index (χ4n) is 3.04.